The van der Waals surface area contributed by atoms with Gasteiger partial charge in [-0.25, -0.2) is 4.98 Å². The average molecular weight is 478 g/mol. The van der Waals surface area contributed by atoms with Crippen molar-refractivity contribution < 1.29 is 14.0 Å². The van der Waals surface area contributed by atoms with Gasteiger partial charge in [-0.2, -0.15) is 5.10 Å². The van der Waals surface area contributed by atoms with Crippen molar-refractivity contribution in [3.8, 4) is 11.5 Å². The summed E-state index contributed by atoms with van der Waals surface area (Å²) in [6.45, 7) is 3.25. The van der Waals surface area contributed by atoms with Crippen LogP contribution in [0.1, 0.15) is 45.7 Å². The largest absolute Gasteiger partial charge is 0.463 e. The molecule has 8 nitrogen and oxygen atoms in total. The van der Waals surface area contributed by atoms with Crippen molar-refractivity contribution in [2.24, 2.45) is 7.05 Å². The molecule has 1 saturated heterocycles. The molecule has 1 fully saturated rings. The Bertz CT molecular complexity index is 1390. The number of aryl methyl sites for hydroxylation is 2. The minimum Gasteiger partial charge on any atom is -0.463 e. The van der Waals surface area contributed by atoms with Gasteiger partial charge < -0.3 is 14.6 Å². The van der Waals surface area contributed by atoms with Gasteiger partial charge in [-0.05, 0) is 62.6 Å². The van der Waals surface area contributed by atoms with Gasteiger partial charge in [-0.1, -0.05) is 11.6 Å². The summed E-state index contributed by atoms with van der Waals surface area (Å²) in [4.78, 5) is 33.3. The highest BCUT2D eigenvalue weighted by molar-refractivity contribution is 6.31. The number of hydrogen-bond acceptors (Lipinski definition) is 5. The predicted octanol–water partition coefficient (Wildman–Crippen LogP) is 5.07. The number of likely N-dealkylation sites (tertiary alicyclic amines) is 1. The Hall–Kier alpha value is -3.65. The van der Waals surface area contributed by atoms with E-state index < -0.39 is 0 Å². The van der Waals surface area contributed by atoms with Gasteiger partial charge in [0.05, 0.1) is 34.2 Å². The molecule has 3 aromatic heterocycles. The third-order valence-electron chi connectivity index (χ3n) is 6.09. The lowest BCUT2D eigenvalue weighted by Gasteiger charge is -2.27. The number of nitrogens with zero attached hydrogens (tertiary/aromatic N) is 4. The van der Waals surface area contributed by atoms with E-state index in [9.17, 15) is 9.59 Å². The van der Waals surface area contributed by atoms with Gasteiger partial charge in [-0.3, -0.25) is 14.3 Å². The smallest absolute Gasteiger partial charge is 0.256 e. The number of rotatable bonds is 4. The van der Waals surface area contributed by atoms with Crippen molar-refractivity contribution in [2.75, 3.05) is 18.4 Å². The van der Waals surface area contributed by atoms with Crippen LogP contribution in [0, 0.1) is 6.92 Å². The Morgan fingerprint density at radius 3 is 2.62 bits per heavy atom. The lowest BCUT2D eigenvalue weighted by molar-refractivity contribution is 0.0725. The SMILES string of the molecule is Cc1nn(C)c2nc(-c3ccco3)cc(C(=O)Nc3cc(Cl)ccc3C(=O)N3CCCCC3)c12. The summed E-state index contributed by atoms with van der Waals surface area (Å²) in [5, 5.41) is 8.44. The maximum absolute atomic E-state index is 13.6. The van der Waals surface area contributed by atoms with Crippen LogP contribution in [0.25, 0.3) is 22.5 Å². The third-order valence-corrected chi connectivity index (χ3v) is 6.33. The van der Waals surface area contributed by atoms with Crippen LogP contribution < -0.4 is 5.32 Å². The molecular weight excluding hydrogens is 454 g/mol. The van der Waals surface area contributed by atoms with E-state index in [2.05, 4.69) is 15.4 Å². The number of halogens is 1. The first-order valence-electron chi connectivity index (χ1n) is 11.2. The first kappa shape index (κ1) is 22.2. The Morgan fingerprint density at radius 1 is 1.09 bits per heavy atom. The molecule has 2 amide bonds. The number of aromatic nitrogens is 3. The van der Waals surface area contributed by atoms with E-state index in [-0.39, 0.29) is 11.8 Å². The number of furan rings is 1. The first-order chi connectivity index (χ1) is 16.4. The summed E-state index contributed by atoms with van der Waals surface area (Å²) in [6.07, 6.45) is 4.63. The van der Waals surface area contributed by atoms with Gasteiger partial charge in [0.1, 0.15) is 5.69 Å². The molecule has 0 atom stereocenters. The molecule has 0 unspecified atom stereocenters. The van der Waals surface area contributed by atoms with E-state index in [1.165, 1.54) is 0 Å². The number of piperidine rings is 1. The summed E-state index contributed by atoms with van der Waals surface area (Å²) in [7, 11) is 1.78. The first-order valence-corrected chi connectivity index (χ1v) is 11.6. The summed E-state index contributed by atoms with van der Waals surface area (Å²) < 4.78 is 7.15. The molecular formula is C25H24ClN5O3. The van der Waals surface area contributed by atoms with Crippen LogP contribution in [0.5, 0.6) is 0 Å². The molecule has 0 bridgehead atoms. The van der Waals surface area contributed by atoms with Gasteiger partial charge in [0.25, 0.3) is 11.8 Å². The molecule has 4 heterocycles. The van der Waals surface area contributed by atoms with E-state index in [0.717, 1.165) is 19.3 Å². The fourth-order valence-corrected chi connectivity index (χ4v) is 4.61. The maximum Gasteiger partial charge on any atom is 0.256 e. The molecule has 0 aliphatic carbocycles. The van der Waals surface area contributed by atoms with Crippen LogP contribution in [0.4, 0.5) is 5.69 Å². The third kappa shape index (κ3) is 4.05. The van der Waals surface area contributed by atoms with Gasteiger partial charge in [0, 0.05) is 25.2 Å². The lowest BCUT2D eigenvalue weighted by atomic mass is 10.1. The van der Waals surface area contributed by atoms with Crippen LogP contribution in [-0.2, 0) is 7.05 Å². The van der Waals surface area contributed by atoms with Crippen molar-refractivity contribution in [3.63, 3.8) is 0 Å². The van der Waals surface area contributed by atoms with Crippen molar-refractivity contribution in [1.82, 2.24) is 19.7 Å². The Kier molecular flexibility index (Phi) is 5.83. The van der Waals surface area contributed by atoms with E-state index in [1.807, 2.05) is 11.8 Å². The van der Waals surface area contributed by atoms with Crippen LogP contribution in [0.15, 0.2) is 47.1 Å². The van der Waals surface area contributed by atoms with Crippen LogP contribution in [0.2, 0.25) is 5.02 Å². The summed E-state index contributed by atoms with van der Waals surface area (Å²) in [5.41, 5.74) is 2.93. The monoisotopic (exact) mass is 477 g/mol. The fraction of sp³-hybridized carbons (Fsp3) is 0.280. The second-order valence-corrected chi connectivity index (χ2v) is 8.87. The predicted molar refractivity (Wildman–Crippen MR) is 130 cm³/mol. The Labute approximate surface area is 201 Å². The molecule has 4 aromatic rings. The number of hydrogen-bond donors (Lipinski definition) is 1. The van der Waals surface area contributed by atoms with Crippen LogP contribution in [-0.4, -0.2) is 44.6 Å². The number of amides is 2. The van der Waals surface area contributed by atoms with Crippen LogP contribution in [0.3, 0.4) is 0 Å². The standard InChI is InChI=1S/C25H24ClN5O3/c1-15-22-18(14-20(21-7-6-12-34-21)27-23(22)30(2)29-15)24(32)28-19-13-16(26)8-9-17(19)25(33)31-10-4-3-5-11-31/h6-9,12-14H,3-5,10-11H2,1-2H3,(H,28,32). The van der Waals surface area contributed by atoms with Crippen molar-refractivity contribution in [2.45, 2.75) is 26.2 Å². The second kappa shape index (κ2) is 8.95. The Morgan fingerprint density at radius 2 is 1.88 bits per heavy atom. The lowest BCUT2D eigenvalue weighted by Crippen LogP contribution is -2.36. The molecule has 5 rings (SSSR count). The average Bonchev–Trinajstić information content (AvgIpc) is 3.47. The number of pyridine rings is 1. The maximum atomic E-state index is 13.6. The molecule has 1 N–H and O–H groups in total. The number of carbonyl (C=O) groups is 2. The number of nitrogens with one attached hydrogen (secondary N) is 1. The number of anilines is 1. The van der Waals surface area contributed by atoms with Crippen LogP contribution >= 0.6 is 11.6 Å². The minimum absolute atomic E-state index is 0.111. The van der Waals surface area contributed by atoms with Crippen molar-refractivity contribution >= 4 is 40.1 Å². The quantitative estimate of drug-likeness (QED) is 0.443. The molecule has 0 saturated carbocycles. The molecule has 0 radical (unpaired) electrons. The zero-order valence-corrected chi connectivity index (χ0v) is 19.7. The van der Waals surface area contributed by atoms with Gasteiger partial charge in [-0.15, -0.1) is 0 Å². The molecule has 1 aliphatic rings. The zero-order valence-electron chi connectivity index (χ0n) is 19.0. The summed E-state index contributed by atoms with van der Waals surface area (Å²) in [6, 6.07) is 10.2. The van der Waals surface area contributed by atoms with E-state index >= 15 is 0 Å². The van der Waals surface area contributed by atoms with E-state index in [0.29, 0.717) is 63.1 Å². The second-order valence-electron chi connectivity index (χ2n) is 8.44. The molecule has 0 spiro atoms. The van der Waals surface area contributed by atoms with Gasteiger partial charge >= 0.3 is 0 Å². The minimum atomic E-state index is -0.383. The highest BCUT2D eigenvalue weighted by Gasteiger charge is 2.24. The molecule has 9 heteroatoms. The molecule has 34 heavy (non-hydrogen) atoms. The molecule has 174 valence electrons. The highest BCUT2D eigenvalue weighted by atomic mass is 35.5. The summed E-state index contributed by atoms with van der Waals surface area (Å²) in [5.74, 6) is 0.0464. The van der Waals surface area contributed by atoms with E-state index in [1.54, 1.807) is 54.4 Å². The highest BCUT2D eigenvalue weighted by Crippen LogP contribution is 2.29. The number of fused-ring (bicyclic) bond motifs is 1. The fourth-order valence-electron chi connectivity index (χ4n) is 4.44. The van der Waals surface area contributed by atoms with Crippen molar-refractivity contribution in [3.05, 3.63) is 64.5 Å². The summed E-state index contributed by atoms with van der Waals surface area (Å²) >= 11 is 6.24. The molecule has 1 aromatic carbocycles. The number of carbonyl (C=O) groups excluding carboxylic acids is 2. The Balaban J connectivity index is 1.56. The number of benzene rings is 1. The normalized spacial score (nSPS) is 13.9. The van der Waals surface area contributed by atoms with Gasteiger partial charge in [0.15, 0.2) is 11.4 Å². The zero-order chi connectivity index (χ0) is 23.8. The van der Waals surface area contributed by atoms with Crippen molar-refractivity contribution in [1.29, 1.82) is 0 Å². The topological polar surface area (TPSA) is 93.3 Å². The molecule has 1 aliphatic heterocycles. The van der Waals surface area contributed by atoms with Gasteiger partial charge in [0.2, 0.25) is 0 Å². The van der Waals surface area contributed by atoms with E-state index in [4.69, 9.17) is 16.0 Å².